The molecule has 0 aliphatic heterocycles. The first-order valence-electron chi connectivity index (χ1n) is 7.43. The topological polar surface area (TPSA) is 30.5 Å². The summed E-state index contributed by atoms with van der Waals surface area (Å²) in [5.74, 6) is 1.63. The highest BCUT2D eigenvalue weighted by atomic mass is 32.1. The molecular weight excluding hydrogens is 282 g/mol. The Hall–Kier alpha value is -1.52. The predicted octanol–water partition coefficient (Wildman–Crippen LogP) is 4.23. The van der Waals surface area contributed by atoms with Gasteiger partial charge in [0.15, 0.2) is 11.5 Å². The minimum atomic E-state index is 0.580. The quantitative estimate of drug-likeness (QED) is 0.703. The van der Waals surface area contributed by atoms with Crippen LogP contribution in [0.15, 0.2) is 35.0 Å². The number of hydrogen-bond donors (Lipinski definition) is 1. The van der Waals surface area contributed by atoms with Crippen LogP contribution >= 0.6 is 11.3 Å². The van der Waals surface area contributed by atoms with Gasteiger partial charge in [-0.3, -0.25) is 0 Å². The van der Waals surface area contributed by atoms with Crippen molar-refractivity contribution in [2.45, 2.75) is 33.4 Å². The molecule has 0 unspecified atom stereocenters. The van der Waals surface area contributed by atoms with Gasteiger partial charge < -0.3 is 14.8 Å². The van der Waals surface area contributed by atoms with E-state index in [1.54, 1.807) is 11.3 Å². The summed E-state index contributed by atoms with van der Waals surface area (Å²) >= 11 is 1.68. The van der Waals surface area contributed by atoms with Crippen molar-refractivity contribution >= 4 is 11.3 Å². The van der Waals surface area contributed by atoms with E-state index in [0.29, 0.717) is 13.2 Å². The molecule has 21 heavy (non-hydrogen) atoms. The lowest BCUT2D eigenvalue weighted by Gasteiger charge is -2.13. The normalized spacial score (nSPS) is 10.6. The molecule has 1 N–H and O–H groups in total. The Balaban J connectivity index is 2.01. The van der Waals surface area contributed by atoms with Crippen LogP contribution in [0.5, 0.6) is 11.5 Å². The zero-order valence-electron chi connectivity index (χ0n) is 12.7. The second-order valence-corrected chi connectivity index (χ2v) is 5.59. The van der Waals surface area contributed by atoms with Crippen LogP contribution in [0.3, 0.4) is 0 Å². The molecule has 4 heteroatoms. The highest BCUT2D eigenvalue weighted by Gasteiger charge is 2.07. The molecule has 0 spiro atoms. The summed E-state index contributed by atoms with van der Waals surface area (Å²) in [5, 5.41) is 7.56. The average Bonchev–Trinajstić information content (AvgIpc) is 3.00. The van der Waals surface area contributed by atoms with Gasteiger partial charge in [0.25, 0.3) is 0 Å². The van der Waals surface area contributed by atoms with Crippen LogP contribution in [-0.2, 0) is 13.2 Å². The molecule has 0 aliphatic rings. The number of thiophene rings is 1. The molecule has 0 saturated carbocycles. The first kappa shape index (κ1) is 15.9. The molecule has 1 aromatic heterocycles. The molecule has 0 aliphatic carbocycles. The van der Waals surface area contributed by atoms with Crippen molar-refractivity contribution in [2.75, 3.05) is 13.2 Å². The third-order valence-corrected chi connectivity index (χ3v) is 3.77. The first-order valence-corrected chi connectivity index (χ1v) is 8.38. The SMILES string of the molecule is CCCNCc1ccc(OCc2ccsc2)c(OCC)c1. The maximum absolute atomic E-state index is 5.88. The number of benzene rings is 1. The number of nitrogens with one attached hydrogen (secondary N) is 1. The van der Waals surface area contributed by atoms with Gasteiger partial charge in [0.1, 0.15) is 6.61 Å². The second-order valence-electron chi connectivity index (χ2n) is 4.81. The van der Waals surface area contributed by atoms with Crippen LogP contribution in [-0.4, -0.2) is 13.2 Å². The average molecular weight is 305 g/mol. The van der Waals surface area contributed by atoms with E-state index in [0.717, 1.165) is 31.0 Å². The van der Waals surface area contributed by atoms with E-state index in [1.165, 1.54) is 11.1 Å². The number of ether oxygens (including phenoxy) is 2. The van der Waals surface area contributed by atoms with Gasteiger partial charge in [0.2, 0.25) is 0 Å². The predicted molar refractivity (Wildman–Crippen MR) is 88.3 cm³/mol. The lowest BCUT2D eigenvalue weighted by atomic mass is 10.2. The van der Waals surface area contributed by atoms with Gasteiger partial charge in [-0.2, -0.15) is 11.3 Å². The fourth-order valence-corrected chi connectivity index (χ4v) is 2.65. The van der Waals surface area contributed by atoms with Gasteiger partial charge in [-0.05, 0) is 60.0 Å². The minimum Gasteiger partial charge on any atom is -0.490 e. The monoisotopic (exact) mass is 305 g/mol. The van der Waals surface area contributed by atoms with Gasteiger partial charge in [-0.25, -0.2) is 0 Å². The van der Waals surface area contributed by atoms with Crippen LogP contribution in [0.25, 0.3) is 0 Å². The Bertz CT molecular complexity index is 526. The van der Waals surface area contributed by atoms with Crippen LogP contribution < -0.4 is 14.8 Å². The van der Waals surface area contributed by atoms with E-state index in [2.05, 4.69) is 41.2 Å². The summed E-state index contributed by atoms with van der Waals surface area (Å²) in [7, 11) is 0. The number of rotatable bonds is 9. The highest BCUT2D eigenvalue weighted by molar-refractivity contribution is 7.07. The van der Waals surface area contributed by atoms with E-state index in [9.17, 15) is 0 Å². The van der Waals surface area contributed by atoms with E-state index < -0.39 is 0 Å². The van der Waals surface area contributed by atoms with Crippen LogP contribution in [0, 0.1) is 0 Å². The van der Waals surface area contributed by atoms with Crippen molar-refractivity contribution in [2.24, 2.45) is 0 Å². The summed E-state index contributed by atoms with van der Waals surface area (Å²) in [6.45, 7) is 7.27. The van der Waals surface area contributed by atoms with E-state index in [-0.39, 0.29) is 0 Å². The molecule has 2 aromatic rings. The number of hydrogen-bond acceptors (Lipinski definition) is 4. The maximum Gasteiger partial charge on any atom is 0.161 e. The molecule has 1 heterocycles. The Morgan fingerprint density at radius 2 is 1.95 bits per heavy atom. The van der Waals surface area contributed by atoms with Gasteiger partial charge in [0.05, 0.1) is 6.61 Å². The molecular formula is C17H23NO2S. The Kier molecular flexibility index (Phi) is 6.57. The van der Waals surface area contributed by atoms with Gasteiger partial charge in [-0.15, -0.1) is 0 Å². The molecule has 0 amide bonds. The Morgan fingerprint density at radius 3 is 2.67 bits per heavy atom. The maximum atomic E-state index is 5.88. The molecule has 0 fully saturated rings. The molecule has 1 aromatic carbocycles. The van der Waals surface area contributed by atoms with Crippen LogP contribution in [0.2, 0.25) is 0 Å². The molecule has 0 radical (unpaired) electrons. The van der Waals surface area contributed by atoms with Crippen molar-refractivity contribution in [1.29, 1.82) is 0 Å². The van der Waals surface area contributed by atoms with Gasteiger partial charge >= 0.3 is 0 Å². The standard InChI is InChI=1S/C17H23NO2S/c1-3-8-18-11-14-5-6-16(17(10-14)19-4-2)20-12-15-7-9-21-13-15/h5-7,9-10,13,18H,3-4,8,11-12H2,1-2H3. The van der Waals surface area contributed by atoms with Crippen molar-refractivity contribution < 1.29 is 9.47 Å². The lowest BCUT2D eigenvalue weighted by Crippen LogP contribution is -2.13. The van der Waals surface area contributed by atoms with E-state index in [1.807, 2.05) is 13.0 Å². The highest BCUT2D eigenvalue weighted by Crippen LogP contribution is 2.29. The van der Waals surface area contributed by atoms with Gasteiger partial charge in [0, 0.05) is 6.54 Å². The van der Waals surface area contributed by atoms with E-state index in [4.69, 9.17) is 9.47 Å². The lowest BCUT2D eigenvalue weighted by molar-refractivity contribution is 0.269. The molecule has 0 atom stereocenters. The van der Waals surface area contributed by atoms with Gasteiger partial charge in [-0.1, -0.05) is 13.0 Å². The van der Waals surface area contributed by atoms with Crippen LogP contribution in [0.1, 0.15) is 31.4 Å². The first-order chi connectivity index (χ1) is 10.3. The molecule has 0 bridgehead atoms. The molecule has 3 nitrogen and oxygen atoms in total. The Labute approximate surface area is 130 Å². The molecule has 0 saturated heterocycles. The Morgan fingerprint density at radius 1 is 1.05 bits per heavy atom. The van der Waals surface area contributed by atoms with Crippen molar-refractivity contribution in [3.8, 4) is 11.5 Å². The fraction of sp³-hybridized carbons (Fsp3) is 0.412. The second kappa shape index (κ2) is 8.70. The molecule has 114 valence electrons. The third-order valence-electron chi connectivity index (χ3n) is 3.04. The minimum absolute atomic E-state index is 0.580. The summed E-state index contributed by atoms with van der Waals surface area (Å²) in [5.41, 5.74) is 2.41. The van der Waals surface area contributed by atoms with Crippen LogP contribution in [0.4, 0.5) is 0 Å². The third kappa shape index (κ3) is 5.06. The smallest absolute Gasteiger partial charge is 0.161 e. The summed E-state index contributed by atoms with van der Waals surface area (Å²) in [6, 6.07) is 8.23. The largest absolute Gasteiger partial charge is 0.490 e. The molecule has 2 rings (SSSR count). The fourth-order valence-electron chi connectivity index (χ4n) is 2.00. The summed E-state index contributed by atoms with van der Waals surface area (Å²) in [6.07, 6.45) is 1.14. The zero-order valence-corrected chi connectivity index (χ0v) is 13.5. The summed E-state index contributed by atoms with van der Waals surface area (Å²) in [4.78, 5) is 0. The van der Waals surface area contributed by atoms with Crippen molar-refractivity contribution in [3.63, 3.8) is 0 Å². The summed E-state index contributed by atoms with van der Waals surface area (Å²) < 4.78 is 11.6. The zero-order chi connectivity index (χ0) is 14.9. The van der Waals surface area contributed by atoms with E-state index >= 15 is 0 Å². The van der Waals surface area contributed by atoms with Crippen molar-refractivity contribution in [3.05, 3.63) is 46.2 Å². The van der Waals surface area contributed by atoms with Crippen molar-refractivity contribution in [1.82, 2.24) is 5.32 Å².